The van der Waals surface area contributed by atoms with E-state index in [1.165, 1.54) is 0 Å². The number of hydrogen-bond donors (Lipinski definition) is 2. The topological polar surface area (TPSA) is 58.2 Å². The van der Waals surface area contributed by atoms with E-state index in [0.717, 1.165) is 16.7 Å². The van der Waals surface area contributed by atoms with Gasteiger partial charge in [-0.1, -0.05) is 60.1 Å². The number of rotatable bonds is 6. The van der Waals surface area contributed by atoms with Crippen molar-refractivity contribution in [1.29, 1.82) is 0 Å². The van der Waals surface area contributed by atoms with E-state index in [9.17, 15) is 9.59 Å². The average Bonchev–Trinajstić information content (AvgIpc) is 2.72. The third kappa shape index (κ3) is 4.99. The summed E-state index contributed by atoms with van der Waals surface area (Å²) in [5, 5.41) is 6.34. The number of carbonyl (C=O) groups excluding carboxylic acids is 2. The molecular weight excluding hydrogens is 372 g/mol. The lowest BCUT2D eigenvalue weighted by Gasteiger charge is -2.10. The maximum Gasteiger partial charge on any atom is 0.251 e. The van der Waals surface area contributed by atoms with Crippen LogP contribution in [0.3, 0.4) is 0 Å². The molecule has 5 heteroatoms. The third-order valence-electron chi connectivity index (χ3n) is 4.48. The molecule has 2 amide bonds. The molecule has 0 aliphatic heterocycles. The van der Waals surface area contributed by atoms with Crippen LogP contribution >= 0.6 is 11.6 Å². The van der Waals surface area contributed by atoms with Gasteiger partial charge in [-0.05, 0) is 47.9 Å². The number of hydrogen-bond acceptors (Lipinski definition) is 2. The highest BCUT2D eigenvalue weighted by Gasteiger charge is 2.11. The maximum absolute atomic E-state index is 12.5. The van der Waals surface area contributed by atoms with Crippen molar-refractivity contribution in [2.75, 3.05) is 0 Å². The molecule has 0 unspecified atom stereocenters. The molecule has 0 aliphatic rings. The van der Waals surface area contributed by atoms with Crippen LogP contribution < -0.4 is 10.6 Å². The molecule has 28 heavy (non-hydrogen) atoms. The summed E-state index contributed by atoms with van der Waals surface area (Å²) in [6, 6.07) is 21.9. The first-order valence-electron chi connectivity index (χ1n) is 8.99. The molecule has 3 aromatic carbocycles. The minimum absolute atomic E-state index is 0.219. The molecule has 0 spiro atoms. The van der Waals surface area contributed by atoms with Gasteiger partial charge < -0.3 is 10.6 Å². The molecule has 0 bridgehead atoms. The zero-order chi connectivity index (χ0) is 19.9. The van der Waals surface area contributed by atoms with Crippen molar-refractivity contribution in [2.45, 2.75) is 20.0 Å². The van der Waals surface area contributed by atoms with Gasteiger partial charge in [0, 0.05) is 29.2 Å². The molecule has 2 N–H and O–H groups in total. The molecule has 0 saturated heterocycles. The van der Waals surface area contributed by atoms with Gasteiger partial charge in [0.25, 0.3) is 11.8 Å². The summed E-state index contributed by atoms with van der Waals surface area (Å²) >= 11 is 6.11. The van der Waals surface area contributed by atoms with E-state index in [4.69, 9.17) is 11.6 Å². The zero-order valence-electron chi connectivity index (χ0n) is 15.5. The van der Waals surface area contributed by atoms with Gasteiger partial charge in [0.1, 0.15) is 0 Å². The Hall–Kier alpha value is -3.11. The van der Waals surface area contributed by atoms with Crippen molar-refractivity contribution in [3.8, 4) is 0 Å². The molecular formula is C23H21ClN2O2. The molecule has 0 saturated carbocycles. The summed E-state index contributed by atoms with van der Waals surface area (Å²) in [5.74, 6) is -0.475. The molecule has 0 radical (unpaired) electrons. The Kier molecular flexibility index (Phi) is 6.45. The Labute approximate surface area is 169 Å². The largest absolute Gasteiger partial charge is 0.348 e. The number of halogens is 1. The monoisotopic (exact) mass is 392 g/mol. The van der Waals surface area contributed by atoms with Gasteiger partial charge in [-0.15, -0.1) is 0 Å². The summed E-state index contributed by atoms with van der Waals surface area (Å²) in [6.45, 7) is 2.77. The SMILES string of the molecule is Cc1ccccc1CNC(=O)c1cccc(C(=O)NCc2ccccc2Cl)c1. The quantitative estimate of drug-likeness (QED) is 0.648. The average molecular weight is 393 g/mol. The second kappa shape index (κ2) is 9.20. The molecule has 3 rings (SSSR count). The second-order valence-electron chi connectivity index (χ2n) is 6.46. The van der Waals surface area contributed by atoms with Gasteiger partial charge in [-0.25, -0.2) is 0 Å². The lowest BCUT2D eigenvalue weighted by atomic mass is 10.1. The summed E-state index contributed by atoms with van der Waals surface area (Å²) < 4.78 is 0. The molecule has 4 nitrogen and oxygen atoms in total. The lowest BCUT2D eigenvalue weighted by Crippen LogP contribution is -2.25. The van der Waals surface area contributed by atoms with Crippen molar-refractivity contribution in [2.24, 2.45) is 0 Å². The Bertz CT molecular complexity index is 924. The highest BCUT2D eigenvalue weighted by molar-refractivity contribution is 6.31. The van der Waals surface area contributed by atoms with E-state index in [0.29, 0.717) is 29.2 Å². The van der Waals surface area contributed by atoms with Crippen molar-refractivity contribution >= 4 is 23.4 Å². The fraction of sp³-hybridized carbons (Fsp3) is 0.130. The molecule has 0 aliphatic carbocycles. The summed E-state index contributed by atoms with van der Waals surface area (Å²) in [7, 11) is 0. The third-order valence-corrected chi connectivity index (χ3v) is 4.85. The zero-order valence-corrected chi connectivity index (χ0v) is 16.3. The molecule has 0 heterocycles. The second-order valence-corrected chi connectivity index (χ2v) is 6.87. The van der Waals surface area contributed by atoms with Crippen LogP contribution in [0.1, 0.15) is 37.4 Å². The summed E-state index contributed by atoms with van der Waals surface area (Å²) in [4.78, 5) is 24.9. The van der Waals surface area contributed by atoms with Crippen LogP contribution in [0.15, 0.2) is 72.8 Å². The van der Waals surface area contributed by atoms with Crippen LogP contribution in [0, 0.1) is 6.92 Å². The molecule has 0 aromatic heterocycles. The van der Waals surface area contributed by atoms with Gasteiger partial charge in [0.05, 0.1) is 0 Å². The first-order valence-corrected chi connectivity index (χ1v) is 9.37. The highest BCUT2D eigenvalue weighted by Crippen LogP contribution is 2.15. The van der Waals surface area contributed by atoms with Gasteiger partial charge >= 0.3 is 0 Å². The van der Waals surface area contributed by atoms with Crippen LogP contribution in [0.25, 0.3) is 0 Å². The number of nitrogens with one attached hydrogen (secondary N) is 2. The number of carbonyl (C=O) groups is 2. The van der Waals surface area contributed by atoms with Gasteiger partial charge in [-0.3, -0.25) is 9.59 Å². The molecule has 142 valence electrons. The van der Waals surface area contributed by atoms with E-state index < -0.39 is 0 Å². The number of amides is 2. The standard InChI is InChI=1S/C23H21ClN2O2/c1-16-7-2-3-8-19(16)14-25-22(27)17-10-6-11-18(13-17)23(28)26-15-20-9-4-5-12-21(20)24/h2-13H,14-15H2,1H3,(H,25,27)(H,26,28). The first-order chi connectivity index (χ1) is 13.5. The molecule has 0 fully saturated rings. The van der Waals surface area contributed by atoms with Crippen molar-refractivity contribution in [1.82, 2.24) is 10.6 Å². The van der Waals surface area contributed by atoms with E-state index in [-0.39, 0.29) is 11.8 Å². The highest BCUT2D eigenvalue weighted by atomic mass is 35.5. The maximum atomic E-state index is 12.5. The minimum atomic E-state index is -0.256. The lowest BCUT2D eigenvalue weighted by molar-refractivity contribution is 0.0950. The van der Waals surface area contributed by atoms with Crippen LogP contribution in [0.4, 0.5) is 0 Å². The normalized spacial score (nSPS) is 10.4. The fourth-order valence-electron chi connectivity index (χ4n) is 2.81. The van der Waals surface area contributed by atoms with Gasteiger partial charge in [0.2, 0.25) is 0 Å². The van der Waals surface area contributed by atoms with Crippen LogP contribution in [0.5, 0.6) is 0 Å². The molecule has 3 aromatic rings. The van der Waals surface area contributed by atoms with E-state index in [1.54, 1.807) is 30.3 Å². The van der Waals surface area contributed by atoms with Crippen LogP contribution in [-0.4, -0.2) is 11.8 Å². The Morgan fingerprint density at radius 2 is 1.29 bits per heavy atom. The van der Waals surface area contributed by atoms with Crippen molar-refractivity contribution in [3.63, 3.8) is 0 Å². The first kappa shape index (κ1) is 19.6. The fourth-order valence-corrected chi connectivity index (χ4v) is 3.01. The van der Waals surface area contributed by atoms with Crippen molar-refractivity contribution in [3.05, 3.63) is 106 Å². The van der Waals surface area contributed by atoms with E-state index in [2.05, 4.69) is 10.6 Å². The summed E-state index contributed by atoms with van der Waals surface area (Å²) in [6.07, 6.45) is 0. The predicted octanol–water partition coefficient (Wildman–Crippen LogP) is 4.51. The van der Waals surface area contributed by atoms with Crippen LogP contribution in [0.2, 0.25) is 5.02 Å². The number of benzene rings is 3. The van der Waals surface area contributed by atoms with E-state index in [1.807, 2.05) is 49.4 Å². The Morgan fingerprint density at radius 1 is 0.750 bits per heavy atom. The number of aryl methyl sites for hydroxylation is 1. The predicted molar refractivity (Wildman–Crippen MR) is 111 cm³/mol. The minimum Gasteiger partial charge on any atom is -0.348 e. The van der Waals surface area contributed by atoms with Crippen molar-refractivity contribution < 1.29 is 9.59 Å². The smallest absolute Gasteiger partial charge is 0.251 e. The van der Waals surface area contributed by atoms with Gasteiger partial charge in [0.15, 0.2) is 0 Å². The summed E-state index contributed by atoms with van der Waals surface area (Å²) in [5.41, 5.74) is 3.89. The Morgan fingerprint density at radius 3 is 1.89 bits per heavy atom. The molecule has 0 atom stereocenters. The Balaban J connectivity index is 1.62. The van der Waals surface area contributed by atoms with E-state index >= 15 is 0 Å². The van der Waals surface area contributed by atoms with Crippen LogP contribution in [-0.2, 0) is 13.1 Å². The van der Waals surface area contributed by atoms with Gasteiger partial charge in [-0.2, -0.15) is 0 Å².